The van der Waals surface area contributed by atoms with Gasteiger partial charge in [-0.3, -0.25) is 0 Å². The molecule has 15 heavy (non-hydrogen) atoms. The van der Waals surface area contributed by atoms with E-state index in [0.29, 0.717) is 0 Å². The van der Waals surface area contributed by atoms with Gasteiger partial charge in [0, 0.05) is 10.6 Å². The minimum Gasteiger partial charge on any atom is -0.496 e. The van der Waals surface area contributed by atoms with Gasteiger partial charge < -0.3 is 4.74 Å². The van der Waals surface area contributed by atoms with Gasteiger partial charge in [0.25, 0.3) is 0 Å². The molecule has 0 saturated heterocycles. The molecule has 0 spiro atoms. The molecule has 1 rings (SSSR count). The van der Waals surface area contributed by atoms with E-state index >= 15 is 0 Å². The average Bonchev–Trinajstić information content (AvgIpc) is 2.15. The van der Waals surface area contributed by atoms with Gasteiger partial charge in [0.15, 0.2) is 5.38 Å². The van der Waals surface area contributed by atoms with Crippen molar-refractivity contribution in [3.63, 3.8) is 0 Å². The summed E-state index contributed by atoms with van der Waals surface area (Å²) in [6.07, 6.45) is -4.53. The van der Waals surface area contributed by atoms with Crippen molar-refractivity contribution in [2.75, 3.05) is 7.11 Å². The largest absolute Gasteiger partial charge is 0.496 e. The van der Waals surface area contributed by atoms with Gasteiger partial charge in [-0.05, 0) is 18.2 Å². The Balaban J connectivity index is 3.17. The third-order valence-corrected chi connectivity index (χ3v) is 2.47. The minimum atomic E-state index is -4.53. The van der Waals surface area contributed by atoms with E-state index < -0.39 is 11.6 Å². The zero-order chi connectivity index (χ0) is 11.6. The Morgan fingerprint density at radius 2 is 1.93 bits per heavy atom. The second kappa shape index (κ2) is 4.49. The maximum Gasteiger partial charge on any atom is 0.409 e. The van der Waals surface area contributed by atoms with Crippen molar-refractivity contribution in [3.05, 3.63) is 28.8 Å². The van der Waals surface area contributed by atoms with Gasteiger partial charge in [-0.25, -0.2) is 0 Å². The second-order valence-corrected chi connectivity index (χ2v) is 3.66. The second-order valence-electron chi connectivity index (χ2n) is 2.79. The number of benzene rings is 1. The van der Waals surface area contributed by atoms with Crippen LogP contribution in [0.3, 0.4) is 0 Å². The fourth-order valence-electron chi connectivity index (χ4n) is 1.08. The molecular weight excluding hydrogens is 252 g/mol. The van der Waals surface area contributed by atoms with Crippen LogP contribution >= 0.6 is 23.2 Å². The summed E-state index contributed by atoms with van der Waals surface area (Å²) in [4.78, 5) is 0. The summed E-state index contributed by atoms with van der Waals surface area (Å²) in [7, 11) is 1.27. The monoisotopic (exact) mass is 258 g/mol. The fraction of sp³-hybridized carbons (Fsp3) is 0.333. The maximum absolute atomic E-state index is 12.4. The van der Waals surface area contributed by atoms with Crippen LogP contribution < -0.4 is 4.74 Å². The van der Waals surface area contributed by atoms with Crippen LogP contribution in [0.4, 0.5) is 13.2 Å². The van der Waals surface area contributed by atoms with Crippen LogP contribution in [0, 0.1) is 0 Å². The Morgan fingerprint density at radius 1 is 1.33 bits per heavy atom. The van der Waals surface area contributed by atoms with Gasteiger partial charge in [0.1, 0.15) is 5.75 Å². The highest BCUT2D eigenvalue weighted by atomic mass is 35.5. The normalized spacial score (nSPS) is 13.7. The average molecular weight is 259 g/mol. The first-order valence-corrected chi connectivity index (χ1v) is 4.72. The van der Waals surface area contributed by atoms with E-state index in [1.165, 1.54) is 19.2 Å². The van der Waals surface area contributed by atoms with Crippen molar-refractivity contribution in [1.29, 1.82) is 0 Å². The van der Waals surface area contributed by atoms with E-state index in [0.717, 1.165) is 6.07 Å². The van der Waals surface area contributed by atoms with E-state index in [1.54, 1.807) is 0 Å². The molecule has 1 atom stereocenters. The zero-order valence-electron chi connectivity index (χ0n) is 7.61. The van der Waals surface area contributed by atoms with Crippen molar-refractivity contribution in [3.8, 4) is 5.75 Å². The molecular formula is C9H7Cl2F3O. The summed E-state index contributed by atoms with van der Waals surface area (Å²) in [5.41, 5.74) is -0.181. The van der Waals surface area contributed by atoms with E-state index in [9.17, 15) is 13.2 Å². The summed E-state index contributed by atoms with van der Waals surface area (Å²) in [6.45, 7) is 0. The van der Waals surface area contributed by atoms with E-state index in [1.807, 2.05) is 0 Å². The smallest absolute Gasteiger partial charge is 0.409 e. The zero-order valence-corrected chi connectivity index (χ0v) is 9.12. The molecule has 1 unspecified atom stereocenters. The predicted molar refractivity (Wildman–Crippen MR) is 52.7 cm³/mol. The Hall–Kier alpha value is -0.610. The van der Waals surface area contributed by atoms with Gasteiger partial charge in [-0.2, -0.15) is 13.2 Å². The van der Waals surface area contributed by atoms with Gasteiger partial charge >= 0.3 is 6.18 Å². The molecule has 0 N–H and O–H groups in total. The van der Waals surface area contributed by atoms with Gasteiger partial charge in [0.2, 0.25) is 0 Å². The highest BCUT2D eigenvalue weighted by Gasteiger charge is 2.40. The number of hydrogen-bond donors (Lipinski definition) is 0. The summed E-state index contributed by atoms with van der Waals surface area (Å²) in [6, 6.07) is 3.92. The number of hydrogen-bond acceptors (Lipinski definition) is 1. The molecule has 0 bridgehead atoms. The van der Waals surface area contributed by atoms with Crippen LogP contribution in [0.15, 0.2) is 18.2 Å². The Morgan fingerprint density at radius 3 is 2.40 bits per heavy atom. The van der Waals surface area contributed by atoms with Crippen LogP contribution in [0.1, 0.15) is 10.9 Å². The predicted octanol–water partition coefficient (Wildman–Crippen LogP) is 4.19. The molecule has 0 aromatic heterocycles. The van der Waals surface area contributed by atoms with Crippen LogP contribution in [-0.2, 0) is 0 Å². The lowest BCUT2D eigenvalue weighted by atomic mass is 10.1. The fourth-order valence-corrected chi connectivity index (χ4v) is 1.43. The molecule has 0 fully saturated rings. The molecule has 1 aromatic carbocycles. The molecule has 0 heterocycles. The van der Waals surface area contributed by atoms with Crippen LogP contribution in [0.5, 0.6) is 5.75 Å². The third-order valence-electron chi connectivity index (χ3n) is 1.75. The molecule has 0 radical (unpaired) electrons. The molecule has 6 heteroatoms. The maximum atomic E-state index is 12.4. The van der Waals surface area contributed by atoms with E-state index in [-0.39, 0.29) is 16.3 Å². The first-order chi connectivity index (χ1) is 6.86. The molecule has 1 nitrogen and oxygen atoms in total. The Labute approximate surface area is 94.7 Å². The highest BCUT2D eigenvalue weighted by molar-refractivity contribution is 6.31. The lowest BCUT2D eigenvalue weighted by molar-refractivity contribution is -0.132. The van der Waals surface area contributed by atoms with E-state index in [2.05, 4.69) is 0 Å². The van der Waals surface area contributed by atoms with Crippen molar-refractivity contribution < 1.29 is 17.9 Å². The van der Waals surface area contributed by atoms with Gasteiger partial charge in [0.05, 0.1) is 7.11 Å². The lowest BCUT2D eigenvalue weighted by Crippen LogP contribution is -2.16. The number of halogens is 5. The standard InChI is InChI=1S/C9H7Cl2F3O/c1-15-7-3-2-5(10)4-6(7)8(11)9(12,13)14/h2-4,8H,1H3. The topological polar surface area (TPSA) is 9.23 Å². The molecule has 0 amide bonds. The van der Waals surface area contributed by atoms with Crippen molar-refractivity contribution in [1.82, 2.24) is 0 Å². The van der Waals surface area contributed by atoms with Crippen LogP contribution in [-0.4, -0.2) is 13.3 Å². The summed E-state index contributed by atoms with van der Waals surface area (Å²) in [5.74, 6) is 0.0664. The molecule has 0 aliphatic carbocycles. The number of rotatable bonds is 2. The van der Waals surface area contributed by atoms with Gasteiger partial charge in [-0.1, -0.05) is 11.6 Å². The Bertz CT molecular complexity index is 352. The number of methoxy groups -OCH3 is 1. The third kappa shape index (κ3) is 2.92. The first-order valence-electron chi connectivity index (χ1n) is 3.90. The lowest BCUT2D eigenvalue weighted by Gasteiger charge is -2.16. The number of alkyl halides is 4. The van der Waals surface area contributed by atoms with Crippen molar-refractivity contribution in [2.24, 2.45) is 0 Å². The van der Waals surface area contributed by atoms with Crippen molar-refractivity contribution in [2.45, 2.75) is 11.6 Å². The SMILES string of the molecule is COc1ccc(Cl)cc1C(Cl)C(F)(F)F. The summed E-state index contributed by atoms with van der Waals surface area (Å²) < 4.78 is 41.8. The molecule has 84 valence electrons. The number of ether oxygens (including phenoxy) is 1. The highest BCUT2D eigenvalue weighted by Crippen LogP contribution is 2.42. The van der Waals surface area contributed by atoms with Gasteiger partial charge in [-0.15, -0.1) is 11.6 Å². The quantitative estimate of drug-likeness (QED) is 0.723. The summed E-state index contributed by atoms with van der Waals surface area (Å²) >= 11 is 10.9. The Kier molecular flexibility index (Phi) is 3.73. The molecule has 1 aromatic rings. The summed E-state index contributed by atoms with van der Waals surface area (Å²) in [5, 5.41) is -1.94. The first kappa shape index (κ1) is 12.5. The van der Waals surface area contributed by atoms with E-state index in [4.69, 9.17) is 27.9 Å². The van der Waals surface area contributed by atoms with Crippen LogP contribution in [0.2, 0.25) is 5.02 Å². The van der Waals surface area contributed by atoms with Crippen molar-refractivity contribution >= 4 is 23.2 Å². The molecule has 0 saturated carbocycles. The molecule has 0 aliphatic rings. The minimum absolute atomic E-state index is 0.0664. The molecule has 0 aliphatic heterocycles. The van der Waals surface area contributed by atoms with Crippen LogP contribution in [0.25, 0.3) is 0 Å².